The van der Waals surface area contributed by atoms with Gasteiger partial charge in [0, 0.05) is 0 Å². The zero-order valence-corrected chi connectivity index (χ0v) is 13.9. The molecule has 0 saturated carbocycles. The molecule has 0 radical (unpaired) electrons. The lowest BCUT2D eigenvalue weighted by molar-refractivity contribution is -1.03. The van der Waals surface area contributed by atoms with E-state index in [9.17, 15) is 0 Å². The van der Waals surface area contributed by atoms with Crippen LogP contribution in [0.3, 0.4) is 0 Å². The van der Waals surface area contributed by atoms with Gasteiger partial charge in [-0.05, 0) is 0 Å². The summed E-state index contributed by atoms with van der Waals surface area (Å²) >= 11 is 23.8. The number of alkyl halides is 4. The van der Waals surface area contributed by atoms with Crippen LogP contribution < -0.4 is 0 Å². The molecule has 0 spiro atoms. The van der Waals surface area contributed by atoms with Gasteiger partial charge in [0.1, 0.15) is 26.2 Å². The third-order valence-electron chi connectivity index (χ3n) is 4.33. The van der Waals surface area contributed by atoms with E-state index >= 15 is 0 Å². The van der Waals surface area contributed by atoms with Crippen molar-refractivity contribution in [1.82, 2.24) is 0 Å². The summed E-state index contributed by atoms with van der Waals surface area (Å²) in [5.41, 5.74) is 0. The molecular weight excluding hydrogens is 314 g/mol. The minimum absolute atomic E-state index is 0.710. The Morgan fingerprint density at radius 1 is 0.500 bits per heavy atom. The Labute approximate surface area is 131 Å². The van der Waals surface area contributed by atoms with Crippen molar-refractivity contribution < 1.29 is 8.97 Å². The molecule has 1 fully saturated rings. The third-order valence-corrected chi connectivity index (χ3v) is 5.01. The summed E-state index contributed by atoms with van der Waals surface area (Å²) in [5, 5.41) is 0. The Kier molecular flexibility index (Phi) is 7.98. The van der Waals surface area contributed by atoms with E-state index in [0.29, 0.717) is 23.5 Å². The van der Waals surface area contributed by atoms with E-state index in [1.165, 1.54) is 0 Å². The second kappa shape index (κ2) is 8.39. The molecule has 0 aromatic heterocycles. The summed E-state index contributed by atoms with van der Waals surface area (Å²) in [6, 6.07) is 0. The molecule has 0 aromatic carbocycles. The highest BCUT2D eigenvalue weighted by Gasteiger charge is 2.40. The molecule has 1 saturated heterocycles. The zero-order chi connectivity index (χ0) is 13.5. The van der Waals surface area contributed by atoms with Crippen LogP contribution in [0.5, 0.6) is 0 Å². The van der Waals surface area contributed by atoms with Crippen LogP contribution in [0.2, 0.25) is 0 Å². The number of quaternary nitrogens is 2. The molecule has 0 atom stereocenters. The van der Waals surface area contributed by atoms with Gasteiger partial charge in [-0.25, -0.2) is 0 Å². The highest BCUT2D eigenvalue weighted by molar-refractivity contribution is 6.18. The van der Waals surface area contributed by atoms with Gasteiger partial charge in [-0.15, -0.1) is 46.4 Å². The lowest BCUT2D eigenvalue weighted by Gasteiger charge is -2.49. The van der Waals surface area contributed by atoms with E-state index < -0.39 is 0 Å². The van der Waals surface area contributed by atoms with Gasteiger partial charge in [0.2, 0.25) is 0 Å². The predicted octanol–water partition coefficient (Wildman–Crippen LogP) is 2.59. The van der Waals surface area contributed by atoms with Crippen LogP contribution in [0.1, 0.15) is 0 Å². The minimum Gasteiger partial charge on any atom is -0.312 e. The molecule has 0 amide bonds. The van der Waals surface area contributed by atoms with Gasteiger partial charge in [-0.2, -0.15) is 0 Å². The molecule has 1 aliphatic rings. The molecule has 0 bridgehead atoms. The number of halogens is 4. The Morgan fingerprint density at radius 3 is 0.889 bits per heavy atom. The highest BCUT2D eigenvalue weighted by atomic mass is 35.5. The van der Waals surface area contributed by atoms with E-state index in [4.69, 9.17) is 46.4 Å². The molecule has 0 aliphatic carbocycles. The van der Waals surface area contributed by atoms with Crippen molar-refractivity contribution in [3.05, 3.63) is 0 Å². The second-order valence-electron chi connectivity index (χ2n) is 5.23. The second-order valence-corrected chi connectivity index (χ2v) is 6.74. The first kappa shape index (κ1) is 17.1. The monoisotopic (exact) mass is 336 g/mol. The number of rotatable bonds is 8. The standard InChI is InChI=1S/C12H24Cl4N2/c13-1-5-17(6-2-14)9-11-18(7-3-15,8-4-16)12-10-17/h1-12H2/q+2. The first-order valence-corrected chi connectivity index (χ1v) is 8.74. The van der Waals surface area contributed by atoms with E-state index in [2.05, 4.69) is 0 Å². The normalized spacial score (nSPS) is 22.0. The molecular formula is C12H24Cl4N2+2. The predicted molar refractivity (Wildman–Crippen MR) is 82.3 cm³/mol. The van der Waals surface area contributed by atoms with Crippen LogP contribution in [0, 0.1) is 0 Å². The van der Waals surface area contributed by atoms with Crippen molar-refractivity contribution in [2.24, 2.45) is 0 Å². The number of hydrogen-bond donors (Lipinski definition) is 0. The van der Waals surface area contributed by atoms with Crippen LogP contribution in [0.25, 0.3) is 0 Å². The SMILES string of the molecule is ClCC[N+]1(CCCl)CC[N+](CCCl)(CCCl)CC1. The van der Waals surface area contributed by atoms with Gasteiger partial charge in [-0.1, -0.05) is 0 Å². The quantitative estimate of drug-likeness (QED) is 0.471. The van der Waals surface area contributed by atoms with E-state index in [1.807, 2.05) is 0 Å². The zero-order valence-electron chi connectivity index (χ0n) is 10.9. The minimum atomic E-state index is 0.710. The van der Waals surface area contributed by atoms with Gasteiger partial charge in [0.05, 0.1) is 49.7 Å². The summed E-state index contributed by atoms with van der Waals surface area (Å²) in [4.78, 5) is 0. The fourth-order valence-corrected chi connectivity index (χ4v) is 4.34. The summed E-state index contributed by atoms with van der Waals surface area (Å²) in [6.07, 6.45) is 0. The van der Waals surface area contributed by atoms with E-state index in [0.717, 1.165) is 61.3 Å². The van der Waals surface area contributed by atoms with Crippen LogP contribution >= 0.6 is 46.4 Å². The lowest BCUT2D eigenvalue weighted by Crippen LogP contribution is -2.68. The molecule has 18 heavy (non-hydrogen) atoms. The highest BCUT2D eigenvalue weighted by Crippen LogP contribution is 2.20. The smallest absolute Gasteiger partial charge is 0.129 e. The molecule has 0 N–H and O–H groups in total. The summed E-state index contributed by atoms with van der Waals surface area (Å²) in [6.45, 7) is 8.68. The van der Waals surface area contributed by atoms with E-state index in [1.54, 1.807) is 0 Å². The first-order valence-electron chi connectivity index (χ1n) is 6.60. The largest absolute Gasteiger partial charge is 0.312 e. The van der Waals surface area contributed by atoms with Gasteiger partial charge in [0.15, 0.2) is 0 Å². The fraction of sp³-hybridized carbons (Fsp3) is 1.00. The van der Waals surface area contributed by atoms with Crippen LogP contribution in [-0.4, -0.2) is 84.8 Å². The maximum atomic E-state index is 5.95. The van der Waals surface area contributed by atoms with Crippen LogP contribution in [0.15, 0.2) is 0 Å². The molecule has 2 nitrogen and oxygen atoms in total. The lowest BCUT2D eigenvalue weighted by atomic mass is 10.2. The Morgan fingerprint density at radius 2 is 0.722 bits per heavy atom. The Balaban J connectivity index is 2.64. The van der Waals surface area contributed by atoms with Crippen molar-refractivity contribution >= 4 is 46.4 Å². The molecule has 0 unspecified atom stereocenters. The summed E-state index contributed by atoms with van der Waals surface area (Å²) in [5.74, 6) is 2.84. The number of hydrogen-bond acceptors (Lipinski definition) is 0. The van der Waals surface area contributed by atoms with Crippen molar-refractivity contribution in [2.75, 3.05) is 75.9 Å². The fourth-order valence-electron chi connectivity index (χ4n) is 2.91. The van der Waals surface area contributed by atoms with Crippen molar-refractivity contribution in [1.29, 1.82) is 0 Å². The molecule has 1 rings (SSSR count). The van der Waals surface area contributed by atoms with Gasteiger partial charge in [0.25, 0.3) is 0 Å². The number of piperazine rings is 1. The van der Waals surface area contributed by atoms with Crippen LogP contribution in [-0.2, 0) is 0 Å². The maximum absolute atomic E-state index is 5.95. The van der Waals surface area contributed by atoms with Crippen molar-refractivity contribution in [3.8, 4) is 0 Å². The van der Waals surface area contributed by atoms with E-state index in [-0.39, 0.29) is 0 Å². The third kappa shape index (κ3) is 4.57. The molecule has 0 aromatic rings. The van der Waals surface area contributed by atoms with Gasteiger partial charge in [-0.3, -0.25) is 0 Å². The van der Waals surface area contributed by atoms with Crippen molar-refractivity contribution in [2.45, 2.75) is 0 Å². The topological polar surface area (TPSA) is 0 Å². The summed E-state index contributed by atoms with van der Waals surface area (Å²) in [7, 11) is 0. The van der Waals surface area contributed by atoms with Crippen molar-refractivity contribution in [3.63, 3.8) is 0 Å². The molecule has 1 aliphatic heterocycles. The maximum Gasteiger partial charge on any atom is 0.129 e. The van der Waals surface area contributed by atoms with Gasteiger partial charge >= 0.3 is 0 Å². The average molecular weight is 338 g/mol. The number of nitrogens with zero attached hydrogens (tertiary/aromatic N) is 2. The first-order chi connectivity index (χ1) is 8.66. The molecule has 1 heterocycles. The molecule has 6 heteroatoms. The Bertz CT molecular complexity index is 190. The summed E-state index contributed by atoms with van der Waals surface area (Å²) < 4.78 is 2.13. The Hall–Kier alpha value is 1.08. The average Bonchev–Trinajstić information content (AvgIpc) is 2.35. The molecule has 108 valence electrons. The van der Waals surface area contributed by atoms with Gasteiger partial charge < -0.3 is 8.97 Å². The van der Waals surface area contributed by atoms with Crippen LogP contribution in [0.4, 0.5) is 0 Å².